The lowest BCUT2D eigenvalue weighted by Gasteiger charge is -2.27. The molecule has 3 aromatic rings. The average molecular weight is 374 g/mol. The minimum atomic E-state index is 0.114. The van der Waals surface area contributed by atoms with Crippen molar-refractivity contribution in [3.8, 4) is 5.75 Å². The Hall–Kier alpha value is -3.01. The molecule has 0 saturated carbocycles. The quantitative estimate of drug-likeness (QED) is 0.643. The summed E-state index contributed by atoms with van der Waals surface area (Å²) >= 11 is 0. The van der Waals surface area contributed by atoms with Crippen LogP contribution < -0.4 is 4.74 Å². The zero-order valence-corrected chi connectivity index (χ0v) is 16.5. The molecule has 2 aromatic carbocycles. The molecule has 1 amide bonds. The highest BCUT2D eigenvalue weighted by Crippen LogP contribution is 2.32. The second-order valence-electron chi connectivity index (χ2n) is 7.27. The van der Waals surface area contributed by atoms with Gasteiger partial charge >= 0.3 is 0 Å². The molecule has 28 heavy (non-hydrogen) atoms. The van der Waals surface area contributed by atoms with Crippen molar-refractivity contribution in [2.75, 3.05) is 13.7 Å². The van der Waals surface area contributed by atoms with E-state index in [1.807, 2.05) is 35.2 Å². The summed E-state index contributed by atoms with van der Waals surface area (Å²) in [4.78, 5) is 18.9. The number of carbonyl (C=O) groups excluding carboxylic acids is 1. The predicted molar refractivity (Wildman–Crippen MR) is 113 cm³/mol. The number of aromatic amines is 1. The molecular weight excluding hydrogens is 348 g/mol. The van der Waals surface area contributed by atoms with Gasteiger partial charge < -0.3 is 14.6 Å². The minimum absolute atomic E-state index is 0.114. The number of carbonyl (C=O) groups is 1. The lowest BCUT2D eigenvalue weighted by Crippen LogP contribution is -2.34. The zero-order chi connectivity index (χ0) is 19.5. The minimum Gasteiger partial charge on any atom is -0.497 e. The topological polar surface area (TPSA) is 45.3 Å². The van der Waals surface area contributed by atoms with Gasteiger partial charge in [-0.05, 0) is 47.7 Å². The van der Waals surface area contributed by atoms with Crippen LogP contribution in [-0.4, -0.2) is 29.4 Å². The number of rotatable bonds is 5. The maximum atomic E-state index is 13.5. The summed E-state index contributed by atoms with van der Waals surface area (Å²) in [5.41, 5.74) is 5.36. The third kappa shape index (κ3) is 3.42. The highest BCUT2D eigenvalue weighted by atomic mass is 16.5. The third-order valence-electron chi connectivity index (χ3n) is 5.42. The average Bonchev–Trinajstić information content (AvgIpc) is 3.14. The van der Waals surface area contributed by atoms with Crippen LogP contribution in [0.4, 0.5) is 0 Å². The van der Waals surface area contributed by atoms with E-state index in [1.165, 1.54) is 10.9 Å². The smallest absolute Gasteiger partial charge is 0.254 e. The number of nitrogens with one attached hydrogen (secondary N) is 1. The maximum Gasteiger partial charge on any atom is 0.254 e. The van der Waals surface area contributed by atoms with Gasteiger partial charge in [0.15, 0.2) is 0 Å². The summed E-state index contributed by atoms with van der Waals surface area (Å²) < 4.78 is 5.25. The van der Waals surface area contributed by atoms with E-state index in [9.17, 15) is 4.79 Å². The Morgan fingerprint density at radius 3 is 2.75 bits per heavy atom. The number of ether oxygens (including phenoxy) is 1. The SMILES string of the molecule is CCC/C=C1\C(=O)N(Cc2ccc(OC)cc2)CCc2c[nH]c3cccc1c23. The number of amides is 1. The second-order valence-corrected chi connectivity index (χ2v) is 7.27. The van der Waals surface area contributed by atoms with E-state index in [-0.39, 0.29) is 5.91 Å². The summed E-state index contributed by atoms with van der Waals surface area (Å²) in [6.07, 6.45) is 6.96. The van der Waals surface area contributed by atoms with Gasteiger partial charge in [-0.3, -0.25) is 4.79 Å². The van der Waals surface area contributed by atoms with Gasteiger partial charge in [0.1, 0.15) is 5.75 Å². The lowest BCUT2D eigenvalue weighted by molar-refractivity contribution is -0.125. The van der Waals surface area contributed by atoms with Gasteiger partial charge in [-0.1, -0.05) is 43.7 Å². The largest absolute Gasteiger partial charge is 0.497 e. The van der Waals surface area contributed by atoms with E-state index in [2.05, 4.69) is 36.3 Å². The van der Waals surface area contributed by atoms with Gasteiger partial charge in [0.25, 0.3) is 5.91 Å². The van der Waals surface area contributed by atoms with Crippen molar-refractivity contribution in [3.63, 3.8) is 0 Å². The molecule has 0 saturated heterocycles. The van der Waals surface area contributed by atoms with Crippen molar-refractivity contribution in [3.05, 3.63) is 71.4 Å². The van der Waals surface area contributed by atoms with Crippen LogP contribution in [0.2, 0.25) is 0 Å². The summed E-state index contributed by atoms with van der Waals surface area (Å²) in [6.45, 7) is 3.44. The first-order valence-corrected chi connectivity index (χ1v) is 9.93. The molecule has 1 aliphatic rings. The highest BCUT2D eigenvalue weighted by molar-refractivity contribution is 6.23. The molecule has 1 aliphatic heterocycles. The lowest BCUT2D eigenvalue weighted by atomic mass is 9.94. The standard InChI is InChI=1S/C24H26N2O2/c1-3-4-6-21-20-7-5-8-22-23(20)18(15-25-22)13-14-26(24(21)27)16-17-9-11-19(28-2)12-10-17/h5-12,15,25H,3-4,13-14,16H2,1-2H3/b21-6-. The highest BCUT2D eigenvalue weighted by Gasteiger charge is 2.25. The molecule has 0 bridgehead atoms. The molecule has 4 heteroatoms. The first-order chi connectivity index (χ1) is 13.7. The molecule has 0 spiro atoms. The zero-order valence-electron chi connectivity index (χ0n) is 16.5. The van der Waals surface area contributed by atoms with Gasteiger partial charge in [0, 0.05) is 35.8 Å². The van der Waals surface area contributed by atoms with Crippen LogP contribution in [0.1, 0.15) is 36.5 Å². The fourth-order valence-electron chi connectivity index (χ4n) is 3.91. The number of nitrogens with zero attached hydrogens (tertiary/aromatic N) is 1. The van der Waals surface area contributed by atoms with Crippen LogP contribution >= 0.6 is 0 Å². The van der Waals surface area contributed by atoms with Crippen molar-refractivity contribution in [2.45, 2.75) is 32.7 Å². The summed E-state index contributed by atoms with van der Waals surface area (Å²) in [6, 6.07) is 14.1. The van der Waals surface area contributed by atoms with Crippen LogP contribution in [0.15, 0.2) is 54.7 Å². The molecule has 1 aromatic heterocycles. The van der Waals surface area contributed by atoms with Crippen molar-refractivity contribution in [1.82, 2.24) is 9.88 Å². The van der Waals surface area contributed by atoms with Crippen molar-refractivity contribution in [2.24, 2.45) is 0 Å². The number of aromatic nitrogens is 1. The van der Waals surface area contributed by atoms with Crippen molar-refractivity contribution in [1.29, 1.82) is 0 Å². The fourth-order valence-corrected chi connectivity index (χ4v) is 3.91. The van der Waals surface area contributed by atoms with Gasteiger partial charge in [-0.2, -0.15) is 0 Å². The molecule has 144 valence electrons. The van der Waals surface area contributed by atoms with Gasteiger partial charge in [0.05, 0.1) is 7.11 Å². The van der Waals surface area contributed by atoms with Crippen LogP contribution in [0, 0.1) is 0 Å². The van der Waals surface area contributed by atoms with Crippen molar-refractivity contribution >= 4 is 22.4 Å². The molecule has 0 atom stereocenters. The molecule has 4 nitrogen and oxygen atoms in total. The van der Waals surface area contributed by atoms with E-state index >= 15 is 0 Å². The first-order valence-electron chi connectivity index (χ1n) is 9.93. The van der Waals surface area contributed by atoms with Crippen LogP contribution in [0.25, 0.3) is 16.5 Å². The molecule has 1 N–H and O–H groups in total. The van der Waals surface area contributed by atoms with E-state index in [4.69, 9.17) is 4.74 Å². The Bertz CT molecular complexity index is 1010. The Kier molecular flexibility index (Phi) is 5.20. The number of allylic oxidation sites excluding steroid dienone is 1. The monoisotopic (exact) mass is 374 g/mol. The Morgan fingerprint density at radius 2 is 2.00 bits per heavy atom. The summed E-state index contributed by atoms with van der Waals surface area (Å²) in [7, 11) is 1.66. The number of hydrogen-bond acceptors (Lipinski definition) is 2. The van der Waals surface area contributed by atoms with E-state index in [0.29, 0.717) is 13.1 Å². The van der Waals surface area contributed by atoms with Gasteiger partial charge in [0.2, 0.25) is 0 Å². The number of methoxy groups -OCH3 is 1. The number of benzene rings is 2. The molecule has 2 heterocycles. The molecular formula is C24H26N2O2. The molecule has 0 fully saturated rings. The number of unbranched alkanes of at least 4 members (excludes halogenated alkanes) is 1. The molecule has 0 unspecified atom stereocenters. The van der Waals surface area contributed by atoms with Crippen LogP contribution in [0.3, 0.4) is 0 Å². The van der Waals surface area contributed by atoms with Crippen LogP contribution in [0.5, 0.6) is 5.75 Å². The third-order valence-corrected chi connectivity index (χ3v) is 5.42. The Morgan fingerprint density at radius 1 is 1.18 bits per heavy atom. The maximum absolute atomic E-state index is 13.5. The van der Waals surface area contributed by atoms with E-state index in [0.717, 1.165) is 47.2 Å². The van der Waals surface area contributed by atoms with Gasteiger partial charge in [-0.15, -0.1) is 0 Å². The summed E-state index contributed by atoms with van der Waals surface area (Å²) in [5.74, 6) is 0.943. The van der Waals surface area contributed by atoms with E-state index < -0.39 is 0 Å². The van der Waals surface area contributed by atoms with Crippen LogP contribution in [-0.2, 0) is 17.8 Å². The Labute approximate surface area is 165 Å². The predicted octanol–water partition coefficient (Wildman–Crippen LogP) is 4.94. The van der Waals surface area contributed by atoms with Gasteiger partial charge in [-0.25, -0.2) is 0 Å². The number of H-pyrrole nitrogens is 1. The summed E-state index contributed by atoms with van der Waals surface area (Å²) in [5, 5.41) is 1.20. The number of hydrogen-bond donors (Lipinski definition) is 1. The Balaban J connectivity index is 1.72. The molecule has 0 aliphatic carbocycles. The fraction of sp³-hybridized carbons (Fsp3) is 0.292. The van der Waals surface area contributed by atoms with E-state index in [1.54, 1.807) is 7.11 Å². The normalized spacial score (nSPS) is 15.7. The van der Waals surface area contributed by atoms with Crippen molar-refractivity contribution < 1.29 is 9.53 Å². The second kappa shape index (κ2) is 7.93. The molecule has 0 radical (unpaired) electrons. The molecule has 4 rings (SSSR count). The first kappa shape index (κ1) is 18.4.